The minimum atomic E-state index is -0.180. The number of morpholine rings is 1. The molecule has 2 aromatic carbocycles. The Kier molecular flexibility index (Phi) is 5.67. The number of nitrogens with one attached hydrogen (secondary N) is 2. The van der Waals surface area contributed by atoms with Gasteiger partial charge >= 0.3 is 6.03 Å². The largest absolute Gasteiger partial charge is 0.378 e. The fourth-order valence-corrected chi connectivity index (χ4v) is 3.99. The van der Waals surface area contributed by atoms with Crippen molar-refractivity contribution in [2.75, 3.05) is 55.0 Å². The number of rotatable bonds is 4. The van der Waals surface area contributed by atoms with Crippen molar-refractivity contribution in [1.82, 2.24) is 5.32 Å². The zero-order valence-corrected chi connectivity index (χ0v) is 16.4. The Bertz CT molecular complexity index is 833. The predicted octanol–water partition coefficient (Wildman–Crippen LogP) is 3.23. The van der Waals surface area contributed by atoms with Crippen LogP contribution < -0.4 is 20.4 Å². The van der Waals surface area contributed by atoms with E-state index in [9.17, 15) is 4.79 Å². The number of amides is 2. The topological polar surface area (TPSA) is 56.8 Å². The lowest BCUT2D eigenvalue weighted by molar-refractivity contribution is 0.122. The Labute approximate surface area is 166 Å². The van der Waals surface area contributed by atoms with Gasteiger partial charge in [-0.1, -0.05) is 18.2 Å². The first kappa shape index (κ1) is 18.6. The molecule has 2 heterocycles. The summed E-state index contributed by atoms with van der Waals surface area (Å²) >= 11 is 0. The number of fused-ring (bicyclic) bond motifs is 1. The first-order valence-electron chi connectivity index (χ1n) is 10.0. The van der Waals surface area contributed by atoms with Crippen molar-refractivity contribution in [2.45, 2.75) is 19.4 Å². The van der Waals surface area contributed by atoms with Gasteiger partial charge in [0.15, 0.2) is 0 Å². The minimum Gasteiger partial charge on any atom is -0.378 e. The van der Waals surface area contributed by atoms with Crippen molar-refractivity contribution in [3.05, 3.63) is 53.6 Å². The highest BCUT2D eigenvalue weighted by Gasteiger charge is 2.16. The summed E-state index contributed by atoms with van der Waals surface area (Å²) in [7, 11) is 2.11. The number of carbonyl (C=O) groups is 1. The van der Waals surface area contributed by atoms with Gasteiger partial charge in [-0.25, -0.2) is 4.79 Å². The van der Waals surface area contributed by atoms with E-state index >= 15 is 0 Å². The average molecular weight is 380 g/mol. The quantitative estimate of drug-likeness (QED) is 0.855. The molecule has 4 rings (SSSR count). The second kappa shape index (κ2) is 8.52. The van der Waals surface area contributed by atoms with Crippen molar-refractivity contribution in [1.29, 1.82) is 0 Å². The van der Waals surface area contributed by atoms with Crippen LogP contribution in [0.25, 0.3) is 0 Å². The Morgan fingerprint density at radius 1 is 1.07 bits per heavy atom. The van der Waals surface area contributed by atoms with Crippen LogP contribution in [-0.2, 0) is 17.7 Å². The van der Waals surface area contributed by atoms with Gasteiger partial charge in [0.05, 0.1) is 13.2 Å². The average Bonchev–Trinajstić information content (AvgIpc) is 2.73. The number of anilines is 3. The maximum Gasteiger partial charge on any atom is 0.319 e. The Hall–Kier alpha value is -2.73. The summed E-state index contributed by atoms with van der Waals surface area (Å²) < 4.78 is 5.45. The minimum absolute atomic E-state index is 0.180. The molecule has 0 radical (unpaired) electrons. The van der Waals surface area contributed by atoms with Crippen LogP contribution in [0.1, 0.15) is 17.5 Å². The zero-order chi connectivity index (χ0) is 19.3. The standard InChI is InChI=1S/C22H28N4O2/c1-25-10-4-6-17-15-19(8-9-20(17)25)24-22(27)23-16-18-5-2-3-7-21(18)26-11-13-28-14-12-26/h2-3,5,7-9,15H,4,6,10-14,16H2,1H3,(H2,23,24,27). The summed E-state index contributed by atoms with van der Waals surface area (Å²) in [4.78, 5) is 17.0. The number of urea groups is 1. The summed E-state index contributed by atoms with van der Waals surface area (Å²) in [5.41, 5.74) is 5.68. The van der Waals surface area contributed by atoms with Crippen molar-refractivity contribution in [3.8, 4) is 0 Å². The van der Waals surface area contributed by atoms with Crippen LogP contribution in [0.3, 0.4) is 0 Å². The molecule has 2 aliphatic heterocycles. The first-order chi connectivity index (χ1) is 13.7. The smallest absolute Gasteiger partial charge is 0.319 e. The lowest BCUT2D eigenvalue weighted by Gasteiger charge is -2.30. The molecule has 0 aliphatic carbocycles. The second-order valence-electron chi connectivity index (χ2n) is 7.40. The summed E-state index contributed by atoms with van der Waals surface area (Å²) in [5, 5.41) is 5.97. The zero-order valence-electron chi connectivity index (χ0n) is 16.4. The van der Waals surface area contributed by atoms with Crippen LogP contribution in [0.5, 0.6) is 0 Å². The van der Waals surface area contributed by atoms with Crippen LogP contribution in [0.2, 0.25) is 0 Å². The molecular weight excluding hydrogens is 352 g/mol. The van der Waals surface area contributed by atoms with Gasteiger partial charge in [0.25, 0.3) is 0 Å². The normalized spacial score (nSPS) is 16.5. The number of para-hydroxylation sites is 1. The van der Waals surface area contributed by atoms with Crippen molar-refractivity contribution >= 4 is 23.1 Å². The molecule has 2 N–H and O–H groups in total. The molecule has 1 fully saturated rings. The molecule has 1 saturated heterocycles. The lowest BCUT2D eigenvalue weighted by atomic mass is 10.0. The summed E-state index contributed by atoms with van der Waals surface area (Å²) in [5.74, 6) is 0. The molecule has 0 saturated carbocycles. The van der Waals surface area contributed by atoms with Crippen LogP contribution in [0.15, 0.2) is 42.5 Å². The molecule has 0 bridgehead atoms. The highest BCUT2D eigenvalue weighted by atomic mass is 16.5. The van der Waals surface area contributed by atoms with Gasteiger partial charge in [-0.2, -0.15) is 0 Å². The summed E-state index contributed by atoms with van der Waals surface area (Å²) in [6, 6.07) is 14.2. The molecule has 2 aliphatic rings. The van der Waals surface area contributed by atoms with E-state index in [4.69, 9.17) is 4.74 Å². The van der Waals surface area contributed by atoms with E-state index in [1.54, 1.807) is 0 Å². The fraction of sp³-hybridized carbons (Fsp3) is 0.409. The first-order valence-corrected chi connectivity index (χ1v) is 10.0. The molecule has 6 heteroatoms. The molecule has 2 amide bonds. The SMILES string of the molecule is CN1CCCc2cc(NC(=O)NCc3ccccc3N3CCOCC3)ccc21. The fourth-order valence-electron chi connectivity index (χ4n) is 3.99. The number of carbonyl (C=O) groups excluding carboxylic acids is 1. The van der Waals surface area contributed by atoms with Crippen molar-refractivity contribution in [2.24, 2.45) is 0 Å². The Morgan fingerprint density at radius 2 is 1.89 bits per heavy atom. The van der Waals surface area contributed by atoms with E-state index in [1.807, 2.05) is 18.2 Å². The van der Waals surface area contributed by atoms with Crippen LogP contribution in [0, 0.1) is 0 Å². The number of nitrogens with zero attached hydrogens (tertiary/aromatic N) is 2. The predicted molar refractivity (Wildman–Crippen MR) is 113 cm³/mol. The monoisotopic (exact) mass is 380 g/mol. The third-order valence-corrected chi connectivity index (χ3v) is 5.47. The molecule has 6 nitrogen and oxygen atoms in total. The summed E-state index contributed by atoms with van der Waals surface area (Å²) in [6.07, 6.45) is 2.21. The van der Waals surface area contributed by atoms with Crippen LogP contribution >= 0.6 is 0 Å². The Balaban J connectivity index is 1.38. The van der Waals surface area contributed by atoms with E-state index in [2.05, 4.69) is 51.7 Å². The van der Waals surface area contributed by atoms with Crippen LogP contribution in [0.4, 0.5) is 21.9 Å². The highest BCUT2D eigenvalue weighted by molar-refractivity contribution is 5.89. The number of hydrogen-bond donors (Lipinski definition) is 2. The van der Waals surface area contributed by atoms with Gasteiger partial charge in [0.1, 0.15) is 0 Å². The molecule has 2 aromatic rings. The molecule has 0 aromatic heterocycles. The number of hydrogen-bond acceptors (Lipinski definition) is 4. The highest BCUT2D eigenvalue weighted by Crippen LogP contribution is 2.28. The molecule has 28 heavy (non-hydrogen) atoms. The van der Waals surface area contributed by atoms with Gasteiger partial charge in [-0.3, -0.25) is 0 Å². The van der Waals surface area contributed by atoms with Crippen molar-refractivity contribution < 1.29 is 9.53 Å². The number of benzene rings is 2. The maximum absolute atomic E-state index is 12.4. The van der Waals surface area contributed by atoms with E-state index in [0.717, 1.165) is 56.9 Å². The van der Waals surface area contributed by atoms with Gasteiger partial charge in [0, 0.05) is 50.3 Å². The molecule has 148 valence electrons. The third kappa shape index (κ3) is 4.22. The number of ether oxygens (including phenoxy) is 1. The van der Waals surface area contributed by atoms with E-state index in [-0.39, 0.29) is 6.03 Å². The Morgan fingerprint density at radius 3 is 2.75 bits per heavy atom. The van der Waals surface area contributed by atoms with E-state index in [1.165, 1.54) is 16.9 Å². The van der Waals surface area contributed by atoms with Gasteiger partial charge in [0.2, 0.25) is 0 Å². The van der Waals surface area contributed by atoms with Crippen LogP contribution in [-0.4, -0.2) is 45.9 Å². The van der Waals surface area contributed by atoms with Gasteiger partial charge in [-0.15, -0.1) is 0 Å². The number of aryl methyl sites for hydroxylation is 1. The maximum atomic E-state index is 12.4. The molecule has 0 spiro atoms. The molecular formula is C22H28N4O2. The molecule has 0 unspecified atom stereocenters. The van der Waals surface area contributed by atoms with Gasteiger partial charge in [-0.05, 0) is 48.2 Å². The third-order valence-electron chi connectivity index (χ3n) is 5.47. The molecule has 0 atom stereocenters. The summed E-state index contributed by atoms with van der Waals surface area (Å²) in [6.45, 7) is 4.83. The lowest BCUT2D eigenvalue weighted by Crippen LogP contribution is -2.37. The van der Waals surface area contributed by atoms with Crippen molar-refractivity contribution in [3.63, 3.8) is 0 Å². The van der Waals surface area contributed by atoms with Gasteiger partial charge < -0.3 is 25.2 Å². The second-order valence-corrected chi connectivity index (χ2v) is 7.40. The van der Waals surface area contributed by atoms with E-state index in [0.29, 0.717) is 6.54 Å². The van der Waals surface area contributed by atoms with E-state index < -0.39 is 0 Å².